The van der Waals surface area contributed by atoms with Gasteiger partial charge in [-0.3, -0.25) is 4.79 Å². The quantitative estimate of drug-likeness (QED) is 0.711. The molecule has 0 bridgehead atoms. The Bertz CT molecular complexity index is 1100. The molecule has 2 amide bonds. The summed E-state index contributed by atoms with van der Waals surface area (Å²) in [5.41, 5.74) is 0.120. The minimum Gasteiger partial charge on any atom is -0.465 e. The number of nitrogens with one attached hydrogen (secondary N) is 1. The average Bonchev–Trinajstić information content (AvgIpc) is 2.81. The molecule has 1 aromatic heterocycles. The van der Waals surface area contributed by atoms with Crippen molar-refractivity contribution in [3.8, 4) is 6.07 Å². The van der Waals surface area contributed by atoms with Crippen molar-refractivity contribution in [2.75, 3.05) is 37.6 Å². The lowest BCUT2D eigenvalue weighted by Gasteiger charge is -2.39. The van der Waals surface area contributed by atoms with Crippen LogP contribution in [0.2, 0.25) is 0 Å². The minimum absolute atomic E-state index is 0.0326. The van der Waals surface area contributed by atoms with Crippen LogP contribution in [0.5, 0.6) is 0 Å². The molecule has 3 heterocycles. The molecule has 174 valence electrons. The summed E-state index contributed by atoms with van der Waals surface area (Å²) in [6.07, 6.45) is 0.958. The van der Waals surface area contributed by atoms with E-state index in [-0.39, 0.29) is 45.1 Å². The summed E-state index contributed by atoms with van der Waals surface area (Å²) < 4.78 is 20.9. The smallest absolute Gasteiger partial charge is 0.407 e. The number of carbonyl (C=O) groups excluding carboxylic acids is 1. The normalized spacial score (nSPS) is 22.6. The Hall–Kier alpha value is -3.52. The van der Waals surface area contributed by atoms with Crippen molar-refractivity contribution in [2.24, 2.45) is 0 Å². The maximum atomic E-state index is 15.1. The number of nitrogens with zero attached hydrogens (tertiary/aromatic N) is 5. The number of alkyl halides is 1. The fourth-order valence-electron chi connectivity index (χ4n) is 4.36. The number of benzene rings is 1. The number of hydrogen-bond donors (Lipinski definition) is 2. The summed E-state index contributed by atoms with van der Waals surface area (Å²) >= 11 is 0. The fourth-order valence-corrected chi connectivity index (χ4v) is 4.36. The Labute approximate surface area is 190 Å². The number of nitriles is 1. The molecule has 4 rings (SSSR count). The lowest BCUT2D eigenvalue weighted by molar-refractivity contribution is -0.138. The van der Waals surface area contributed by atoms with E-state index in [1.807, 2.05) is 17.9 Å². The van der Waals surface area contributed by atoms with Gasteiger partial charge >= 0.3 is 6.09 Å². The van der Waals surface area contributed by atoms with Crippen molar-refractivity contribution < 1.29 is 23.8 Å². The summed E-state index contributed by atoms with van der Waals surface area (Å²) in [5.74, 6) is -0.418. The first kappa shape index (κ1) is 22.7. The topological polar surface area (TPSA) is 132 Å². The maximum absolute atomic E-state index is 15.1. The number of halogens is 1. The van der Waals surface area contributed by atoms with Gasteiger partial charge in [0.25, 0.3) is 5.91 Å². The summed E-state index contributed by atoms with van der Waals surface area (Å²) in [6.45, 7) is 2.63. The Balaban J connectivity index is 1.44. The van der Waals surface area contributed by atoms with Gasteiger partial charge in [0.1, 0.15) is 18.1 Å². The van der Waals surface area contributed by atoms with Crippen LogP contribution in [0.1, 0.15) is 25.3 Å². The molecular formula is C22H25FN6O4. The van der Waals surface area contributed by atoms with E-state index in [4.69, 9.17) is 9.84 Å². The van der Waals surface area contributed by atoms with E-state index in [1.54, 1.807) is 12.3 Å². The Morgan fingerprint density at radius 2 is 2.12 bits per heavy atom. The number of fused-ring (bicyclic) bond motifs is 1. The van der Waals surface area contributed by atoms with E-state index in [9.17, 15) is 14.9 Å². The molecule has 2 aliphatic heterocycles. The highest BCUT2D eigenvalue weighted by Gasteiger charge is 2.38. The van der Waals surface area contributed by atoms with E-state index in [0.717, 1.165) is 5.69 Å². The first-order valence-corrected chi connectivity index (χ1v) is 10.8. The first-order chi connectivity index (χ1) is 15.8. The molecule has 33 heavy (non-hydrogen) atoms. The number of morpholine rings is 1. The van der Waals surface area contributed by atoms with Crippen LogP contribution in [0.3, 0.4) is 0 Å². The largest absolute Gasteiger partial charge is 0.465 e. The molecule has 0 saturated carbocycles. The number of aromatic nitrogens is 2. The first-order valence-electron chi connectivity index (χ1n) is 10.8. The number of hydrogen-bond acceptors (Lipinski definition) is 7. The summed E-state index contributed by atoms with van der Waals surface area (Å²) in [4.78, 5) is 35.3. The van der Waals surface area contributed by atoms with Crippen molar-refractivity contribution in [3.63, 3.8) is 0 Å². The zero-order valence-electron chi connectivity index (χ0n) is 18.2. The van der Waals surface area contributed by atoms with E-state index < -0.39 is 23.8 Å². The molecule has 0 unspecified atom stereocenters. The third-order valence-corrected chi connectivity index (χ3v) is 6.17. The second kappa shape index (κ2) is 9.15. The minimum atomic E-state index is -1.65. The van der Waals surface area contributed by atoms with Crippen LogP contribution in [0.15, 0.2) is 24.7 Å². The van der Waals surface area contributed by atoms with Crippen LogP contribution in [0, 0.1) is 11.3 Å². The van der Waals surface area contributed by atoms with Crippen LogP contribution in [0.4, 0.5) is 14.9 Å². The van der Waals surface area contributed by atoms with E-state index >= 15 is 4.39 Å². The number of anilines is 1. The lowest BCUT2D eigenvalue weighted by atomic mass is 9.93. The zero-order valence-corrected chi connectivity index (χ0v) is 18.2. The van der Waals surface area contributed by atoms with Crippen molar-refractivity contribution in [2.45, 2.75) is 37.6 Å². The number of ether oxygens (including phenoxy) is 1. The van der Waals surface area contributed by atoms with Crippen molar-refractivity contribution in [1.82, 2.24) is 20.2 Å². The molecule has 10 nitrogen and oxygen atoms in total. The molecule has 2 atom stereocenters. The number of carbonyl (C=O) groups is 2. The van der Waals surface area contributed by atoms with Crippen molar-refractivity contribution in [1.29, 1.82) is 5.26 Å². The second-order valence-electron chi connectivity index (χ2n) is 8.51. The van der Waals surface area contributed by atoms with Gasteiger partial charge in [-0.25, -0.2) is 19.2 Å². The standard InChI is InChI=1S/C22H25FN6O4/c1-14-10-29(17-3-2-15(8-24)19-16(17)9-25-13-27-19)11-18(33-14)20(30)26-12-22(23)4-6-28(7-5-22)21(31)32/h2-3,9,13-14,18H,4-7,10-12H2,1H3,(H,26,30)(H,31,32)/t14-,18-/m1/s1. The van der Waals surface area contributed by atoms with E-state index in [2.05, 4.69) is 21.4 Å². The summed E-state index contributed by atoms with van der Waals surface area (Å²) in [5, 5.41) is 21.7. The lowest BCUT2D eigenvalue weighted by Crippen LogP contribution is -2.55. The number of likely N-dealkylation sites (tertiary alicyclic amines) is 1. The highest BCUT2D eigenvalue weighted by molar-refractivity contribution is 5.95. The SMILES string of the molecule is C[C@@H]1CN(c2ccc(C#N)c3ncncc23)C[C@H](C(=O)NCC2(F)CCN(C(=O)O)CC2)O1. The van der Waals surface area contributed by atoms with Gasteiger partial charge in [0.15, 0.2) is 6.10 Å². The second-order valence-corrected chi connectivity index (χ2v) is 8.51. The van der Waals surface area contributed by atoms with Gasteiger partial charge in [-0.15, -0.1) is 0 Å². The Morgan fingerprint density at radius 1 is 1.36 bits per heavy atom. The molecule has 2 fully saturated rings. The van der Waals surface area contributed by atoms with Gasteiger partial charge in [0, 0.05) is 49.7 Å². The van der Waals surface area contributed by atoms with Gasteiger partial charge in [-0.2, -0.15) is 5.26 Å². The molecule has 2 saturated heterocycles. The van der Waals surface area contributed by atoms with Crippen LogP contribution < -0.4 is 10.2 Å². The number of rotatable bonds is 4. The fraction of sp³-hybridized carbons (Fsp3) is 0.500. The van der Waals surface area contributed by atoms with Gasteiger partial charge in [0.05, 0.1) is 30.3 Å². The van der Waals surface area contributed by atoms with Crippen molar-refractivity contribution in [3.05, 3.63) is 30.2 Å². The van der Waals surface area contributed by atoms with Gasteiger partial charge < -0.3 is 25.0 Å². The highest BCUT2D eigenvalue weighted by atomic mass is 19.1. The molecule has 2 aromatic rings. The van der Waals surface area contributed by atoms with Crippen LogP contribution >= 0.6 is 0 Å². The summed E-state index contributed by atoms with van der Waals surface area (Å²) in [6, 6.07) is 5.63. The van der Waals surface area contributed by atoms with Gasteiger partial charge in [0.2, 0.25) is 0 Å². The Morgan fingerprint density at radius 3 is 2.82 bits per heavy atom. The van der Waals surface area contributed by atoms with Crippen molar-refractivity contribution >= 4 is 28.6 Å². The summed E-state index contributed by atoms with van der Waals surface area (Å²) in [7, 11) is 0. The molecule has 0 radical (unpaired) electrons. The molecule has 2 N–H and O–H groups in total. The number of piperidine rings is 1. The third kappa shape index (κ3) is 4.80. The molecule has 0 aliphatic carbocycles. The number of carboxylic acid groups (broad SMARTS) is 1. The molecule has 2 aliphatic rings. The van der Waals surface area contributed by atoms with E-state index in [1.165, 1.54) is 11.2 Å². The third-order valence-electron chi connectivity index (χ3n) is 6.17. The van der Waals surface area contributed by atoms with Gasteiger partial charge in [-0.05, 0) is 19.1 Å². The van der Waals surface area contributed by atoms with Crippen LogP contribution in [-0.4, -0.2) is 82.6 Å². The monoisotopic (exact) mass is 456 g/mol. The highest BCUT2D eigenvalue weighted by Crippen LogP contribution is 2.30. The predicted octanol–water partition coefficient (Wildman–Crippen LogP) is 1.69. The predicted molar refractivity (Wildman–Crippen MR) is 116 cm³/mol. The molecule has 1 aromatic carbocycles. The molecular weight excluding hydrogens is 431 g/mol. The molecule has 11 heteroatoms. The van der Waals surface area contributed by atoms with Crippen LogP contribution in [0.25, 0.3) is 10.9 Å². The maximum Gasteiger partial charge on any atom is 0.407 e. The average molecular weight is 456 g/mol. The van der Waals surface area contributed by atoms with E-state index in [0.29, 0.717) is 23.0 Å². The zero-order chi connectivity index (χ0) is 23.6. The molecule has 0 spiro atoms. The van der Waals surface area contributed by atoms with Gasteiger partial charge in [-0.1, -0.05) is 0 Å². The Kier molecular flexibility index (Phi) is 6.29. The number of amides is 2. The van der Waals surface area contributed by atoms with Crippen LogP contribution in [-0.2, 0) is 9.53 Å².